The summed E-state index contributed by atoms with van der Waals surface area (Å²) in [6.07, 6.45) is 0.178. The first-order valence-corrected chi connectivity index (χ1v) is 5.20. The van der Waals surface area contributed by atoms with E-state index in [4.69, 9.17) is 9.47 Å². The zero-order valence-electron chi connectivity index (χ0n) is 7.79. The molecule has 1 unspecified atom stereocenters. The van der Waals surface area contributed by atoms with Gasteiger partial charge in [0.1, 0.15) is 0 Å². The number of aliphatic hydroxyl groups excluding tert-OH is 1. The second-order valence-corrected chi connectivity index (χ2v) is 4.10. The Kier molecular flexibility index (Phi) is 2.65. The van der Waals surface area contributed by atoms with Gasteiger partial charge >= 0.3 is 0 Å². The summed E-state index contributed by atoms with van der Waals surface area (Å²) in [7, 11) is 1.59. The lowest BCUT2D eigenvalue weighted by Crippen LogP contribution is -2.14. The number of halogens is 1. The molecule has 0 radical (unpaired) electrons. The molecule has 1 heterocycles. The molecular weight excluding hydrogens is 248 g/mol. The maximum Gasteiger partial charge on any atom is 0.167 e. The summed E-state index contributed by atoms with van der Waals surface area (Å²) in [6.45, 7) is 0.534. The smallest absolute Gasteiger partial charge is 0.167 e. The van der Waals surface area contributed by atoms with E-state index in [1.54, 1.807) is 7.11 Å². The van der Waals surface area contributed by atoms with E-state index < -0.39 is 6.10 Å². The van der Waals surface area contributed by atoms with Gasteiger partial charge in [-0.05, 0) is 12.1 Å². The van der Waals surface area contributed by atoms with Crippen molar-refractivity contribution in [2.24, 2.45) is 0 Å². The van der Waals surface area contributed by atoms with Gasteiger partial charge in [-0.15, -0.1) is 0 Å². The number of benzene rings is 1. The van der Waals surface area contributed by atoms with Crippen LogP contribution in [-0.4, -0.2) is 18.8 Å². The van der Waals surface area contributed by atoms with Crippen LogP contribution in [0.5, 0.6) is 11.5 Å². The van der Waals surface area contributed by atoms with Crippen molar-refractivity contribution >= 4 is 15.9 Å². The Morgan fingerprint density at radius 1 is 1.57 bits per heavy atom. The minimum Gasteiger partial charge on any atom is -0.493 e. The van der Waals surface area contributed by atoms with E-state index in [0.29, 0.717) is 24.5 Å². The highest BCUT2D eigenvalue weighted by Gasteiger charge is 2.23. The highest BCUT2D eigenvalue weighted by atomic mass is 79.9. The quantitative estimate of drug-likeness (QED) is 0.840. The first kappa shape index (κ1) is 9.80. The van der Waals surface area contributed by atoms with E-state index in [-0.39, 0.29) is 0 Å². The minimum atomic E-state index is -0.454. The molecule has 0 saturated carbocycles. The molecule has 1 aliphatic heterocycles. The summed E-state index contributed by atoms with van der Waals surface area (Å²) >= 11 is 3.36. The second kappa shape index (κ2) is 3.79. The molecule has 1 N–H and O–H groups in total. The molecule has 76 valence electrons. The van der Waals surface area contributed by atoms with Crippen LogP contribution >= 0.6 is 15.9 Å². The summed E-state index contributed by atoms with van der Waals surface area (Å²) in [5.74, 6) is 1.32. The molecule has 1 aromatic rings. The third-order valence-corrected chi connectivity index (χ3v) is 2.72. The van der Waals surface area contributed by atoms with Crippen molar-refractivity contribution < 1.29 is 14.6 Å². The molecule has 0 fully saturated rings. The lowest BCUT2D eigenvalue weighted by Gasteiger charge is -2.24. The molecule has 14 heavy (non-hydrogen) atoms. The van der Waals surface area contributed by atoms with E-state index in [9.17, 15) is 5.11 Å². The maximum absolute atomic E-state index is 9.75. The molecule has 0 bridgehead atoms. The number of aliphatic hydroxyl groups is 1. The molecule has 1 atom stereocenters. The van der Waals surface area contributed by atoms with E-state index in [1.165, 1.54) is 0 Å². The average molecular weight is 259 g/mol. The summed E-state index contributed by atoms with van der Waals surface area (Å²) in [5, 5.41) is 9.75. The van der Waals surface area contributed by atoms with Gasteiger partial charge in [0.25, 0.3) is 0 Å². The van der Waals surface area contributed by atoms with Crippen LogP contribution in [0, 0.1) is 0 Å². The summed E-state index contributed by atoms with van der Waals surface area (Å²) in [6, 6.07) is 3.69. The number of hydrogen-bond acceptors (Lipinski definition) is 3. The standard InChI is InChI=1S/C10H11BrO3/c1-13-9-5-6(11)4-7-8(12)2-3-14-10(7)9/h4-5,8,12H,2-3H2,1H3. The predicted octanol–water partition coefficient (Wildman–Crippen LogP) is 2.27. The van der Waals surface area contributed by atoms with Crippen molar-refractivity contribution in [3.8, 4) is 11.5 Å². The lowest BCUT2D eigenvalue weighted by atomic mass is 10.0. The Morgan fingerprint density at radius 3 is 3.07 bits per heavy atom. The first-order valence-electron chi connectivity index (χ1n) is 4.40. The van der Waals surface area contributed by atoms with Crippen LogP contribution in [0.3, 0.4) is 0 Å². The fourth-order valence-electron chi connectivity index (χ4n) is 1.57. The average Bonchev–Trinajstić information content (AvgIpc) is 2.18. The molecule has 0 aromatic heterocycles. The molecular formula is C10H11BrO3. The SMILES string of the molecule is COc1cc(Br)cc2c1OCCC2O. The molecule has 2 rings (SSSR count). The Bertz CT molecular complexity index is 351. The van der Waals surface area contributed by atoms with Crippen molar-refractivity contribution in [1.29, 1.82) is 0 Å². The van der Waals surface area contributed by atoms with E-state index in [2.05, 4.69) is 15.9 Å². The van der Waals surface area contributed by atoms with Crippen LogP contribution in [0.2, 0.25) is 0 Å². The third kappa shape index (κ3) is 1.60. The monoisotopic (exact) mass is 258 g/mol. The van der Waals surface area contributed by atoms with Crippen molar-refractivity contribution in [3.63, 3.8) is 0 Å². The molecule has 1 aromatic carbocycles. The lowest BCUT2D eigenvalue weighted by molar-refractivity contribution is 0.112. The number of ether oxygens (including phenoxy) is 2. The largest absolute Gasteiger partial charge is 0.493 e. The van der Waals surface area contributed by atoms with Crippen LogP contribution in [0.15, 0.2) is 16.6 Å². The van der Waals surface area contributed by atoms with E-state index >= 15 is 0 Å². The fraction of sp³-hybridized carbons (Fsp3) is 0.400. The summed E-state index contributed by atoms with van der Waals surface area (Å²) < 4.78 is 11.5. The normalized spacial score (nSPS) is 19.8. The molecule has 0 amide bonds. The Morgan fingerprint density at radius 2 is 2.36 bits per heavy atom. The highest BCUT2D eigenvalue weighted by Crippen LogP contribution is 2.41. The van der Waals surface area contributed by atoms with Crippen molar-refractivity contribution in [2.75, 3.05) is 13.7 Å². The van der Waals surface area contributed by atoms with Gasteiger partial charge in [0.2, 0.25) is 0 Å². The zero-order valence-corrected chi connectivity index (χ0v) is 9.37. The maximum atomic E-state index is 9.75. The van der Waals surface area contributed by atoms with Crippen LogP contribution < -0.4 is 9.47 Å². The van der Waals surface area contributed by atoms with Gasteiger partial charge in [0.05, 0.1) is 19.8 Å². The fourth-order valence-corrected chi connectivity index (χ4v) is 2.03. The number of hydrogen-bond donors (Lipinski definition) is 1. The second-order valence-electron chi connectivity index (χ2n) is 3.18. The molecule has 3 nitrogen and oxygen atoms in total. The van der Waals surface area contributed by atoms with Crippen LogP contribution in [0.25, 0.3) is 0 Å². The number of rotatable bonds is 1. The van der Waals surface area contributed by atoms with E-state index in [1.807, 2.05) is 12.1 Å². The summed E-state index contributed by atoms with van der Waals surface area (Å²) in [5.41, 5.74) is 0.794. The zero-order chi connectivity index (χ0) is 10.1. The van der Waals surface area contributed by atoms with Gasteiger partial charge in [-0.1, -0.05) is 15.9 Å². The Labute approximate surface area is 90.8 Å². The van der Waals surface area contributed by atoms with Crippen LogP contribution in [0.4, 0.5) is 0 Å². The minimum absolute atomic E-state index is 0.454. The van der Waals surface area contributed by atoms with Gasteiger partial charge in [-0.25, -0.2) is 0 Å². The van der Waals surface area contributed by atoms with Gasteiger partial charge in [-0.3, -0.25) is 0 Å². The Hall–Kier alpha value is -0.740. The van der Waals surface area contributed by atoms with Crippen molar-refractivity contribution in [3.05, 3.63) is 22.2 Å². The van der Waals surface area contributed by atoms with Gasteiger partial charge in [0, 0.05) is 16.5 Å². The number of methoxy groups -OCH3 is 1. The molecule has 1 aliphatic rings. The van der Waals surface area contributed by atoms with Gasteiger partial charge in [0.15, 0.2) is 11.5 Å². The number of fused-ring (bicyclic) bond motifs is 1. The van der Waals surface area contributed by atoms with Crippen LogP contribution in [-0.2, 0) is 0 Å². The third-order valence-electron chi connectivity index (χ3n) is 2.26. The Balaban J connectivity index is 2.54. The molecule has 4 heteroatoms. The van der Waals surface area contributed by atoms with Gasteiger partial charge < -0.3 is 14.6 Å². The van der Waals surface area contributed by atoms with E-state index in [0.717, 1.165) is 10.0 Å². The molecule has 0 spiro atoms. The summed E-state index contributed by atoms with van der Waals surface area (Å²) in [4.78, 5) is 0. The van der Waals surface area contributed by atoms with Crippen molar-refractivity contribution in [1.82, 2.24) is 0 Å². The topological polar surface area (TPSA) is 38.7 Å². The first-order chi connectivity index (χ1) is 6.72. The van der Waals surface area contributed by atoms with Gasteiger partial charge in [-0.2, -0.15) is 0 Å². The predicted molar refractivity (Wildman–Crippen MR) is 55.8 cm³/mol. The molecule has 0 saturated heterocycles. The van der Waals surface area contributed by atoms with Crippen LogP contribution in [0.1, 0.15) is 18.1 Å². The highest BCUT2D eigenvalue weighted by molar-refractivity contribution is 9.10. The molecule has 0 aliphatic carbocycles. The van der Waals surface area contributed by atoms with Crippen molar-refractivity contribution in [2.45, 2.75) is 12.5 Å².